The van der Waals surface area contributed by atoms with Gasteiger partial charge in [-0.25, -0.2) is 9.97 Å². The molecule has 1 heterocycles. The van der Waals surface area contributed by atoms with E-state index in [-0.39, 0.29) is 0 Å². The molecule has 1 aromatic rings. The van der Waals surface area contributed by atoms with Gasteiger partial charge in [-0.05, 0) is 13.3 Å². The van der Waals surface area contributed by atoms with Gasteiger partial charge in [-0.3, -0.25) is 0 Å². The molecule has 0 saturated carbocycles. The molecule has 2 N–H and O–H groups in total. The Morgan fingerprint density at radius 2 is 1.81 bits per heavy atom. The average molecular weight is 296 g/mol. The van der Waals surface area contributed by atoms with E-state index in [0.29, 0.717) is 19.1 Å². The molecule has 0 aliphatic heterocycles. The van der Waals surface area contributed by atoms with Gasteiger partial charge >= 0.3 is 0 Å². The van der Waals surface area contributed by atoms with Crippen LogP contribution in [0.15, 0.2) is 0 Å². The summed E-state index contributed by atoms with van der Waals surface area (Å²) >= 11 is 0. The van der Waals surface area contributed by atoms with Gasteiger partial charge in [0.1, 0.15) is 17.5 Å². The van der Waals surface area contributed by atoms with Crippen molar-refractivity contribution >= 4 is 11.6 Å². The molecule has 0 aromatic carbocycles. The molecule has 0 aliphatic carbocycles. The van der Waals surface area contributed by atoms with Crippen molar-refractivity contribution in [2.24, 2.45) is 0 Å². The molecule has 1 rings (SSSR count). The maximum Gasteiger partial charge on any atom is 0.135 e. The summed E-state index contributed by atoms with van der Waals surface area (Å²) in [6.45, 7) is 9.04. The van der Waals surface area contributed by atoms with Crippen LogP contribution in [-0.4, -0.2) is 50.5 Å². The quantitative estimate of drug-likeness (QED) is 0.646. The third-order valence-corrected chi connectivity index (χ3v) is 3.11. The topological polar surface area (TPSA) is 68.3 Å². The van der Waals surface area contributed by atoms with Gasteiger partial charge in [0, 0.05) is 38.8 Å². The third kappa shape index (κ3) is 5.85. The average Bonchev–Trinajstić information content (AvgIpc) is 2.47. The number of methoxy groups -OCH3 is 1. The van der Waals surface area contributed by atoms with Gasteiger partial charge in [-0.2, -0.15) is 0 Å². The van der Waals surface area contributed by atoms with Crippen LogP contribution in [0.3, 0.4) is 0 Å². The number of anilines is 2. The summed E-state index contributed by atoms with van der Waals surface area (Å²) in [5.41, 5.74) is 1.04. The van der Waals surface area contributed by atoms with Crippen LogP contribution in [-0.2, 0) is 9.47 Å². The molecule has 0 bridgehead atoms. The molecule has 0 unspecified atom stereocenters. The molecule has 0 saturated heterocycles. The number of hydrogen-bond acceptors (Lipinski definition) is 6. The first-order chi connectivity index (χ1) is 10.1. The molecule has 1 aromatic heterocycles. The predicted molar refractivity (Wildman–Crippen MR) is 86.2 cm³/mol. The highest BCUT2D eigenvalue weighted by Gasteiger charge is 2.11. The molecule has 6 nitrogen and oxygen atoms in total. The fourth-order valence-electron chi connectivity index (χ4n) is 1.83. The molecule has 6 heteroatoms. The monoisotopic (exact) mass is 296 g/mol. The second-order valence-electron chi connectivity index (χ2n) is 5.19. The fourth-order valence-corrected chi connectivity index (χ4v) is 1.83. The first-order valence-corrected chi connectivity index (χ1v) is 7.47. The molecule has 0 spiro atoms. The third-order valence-electron chi connectivity index (χ3n) is 3.11. The maximum absolute atomic E-state index is 5.44. The van der Waals surface area contributed by atoms with Gasteiger partial charge in [0.25, 0.3) is 0 Å². The van der Waals surface area contributed by atoms with Crippen LogP contribution in [0.5, 0.6) is 0 Å². The van der Waals surface area contributed by atoms with E-state index in [1.165, 1.54) is 0 Å². The summed E-state index contributed by atoms with van der Waals surface area (Å²) in [6.07, 6.45) is 0.930. The lowest BCUT2D eigenvalue weighted by atomic mass is 10.2. The Morgan fingerprint density at radius 3 is 2.43 bits per heavy atom. The fraction of sp³-hybridized carbons (Fsp3) is 0.733. The van der Waals surface area contributed by atoms with Crippen molar-refractivity contribution in [1.82, 2.24) is 9.97 Å². The van der Waals surface area contributed by atoms with Gasteiger partial charge in [0.15, 0.2) is 0 Å². The Bertz CT molecular complexity index is 424. The number of nitrogens with one attached hydrogen (secondary N) is 2. The minimum absolute atomic E-state index is 0.302. The second-order valence-corrected chi connectivity index (χ2v) is 5.19. The Balaban J connectivity index is 2.52. The summed E-state index contributed by atoms with van der Waals surface area (Å²) < 4.78 is 10.4. The summed E-state index contributed by atoms with van der Waals surface area (Å²) in [4.78, 5) is 9.13. The normalized spacial score (nSPS) is 11.0. The first-order valence-electron chi connectivity index (χ1n) is 7.47. The van der Waals surface area contributed by atoms with Crippen LogP contribution in [0.2, 0.25) is 0 Å². The number of nitrogens with zero attached hydrogens (tertiary/aromatic N) is 2. The highest BCUT2D eigenvalue weighted by Crippen LogP contribution is 2.22. The molecule has 0 radical (unpaired) electrons. The second kappa shape index (κ2) is 9.52. The van der Waals surface area contributed by atoms with Gasteiger partial charge in [-0.15, -0.1) is 0 Å². The zero-order valence-corrected chi connectivity index (χ0v) is 13.8. The molecule has 0 amide bonds. The van der Waals surface area contributed by atoms with Crippen LogP contribution < -0.4 is 10.6 Å². The van der Waals surface area contributed by atoms with Crippen LogP contribution in [0.25, 0.3) is 0 Å². The van der Waals surface area contributed by atoms with E-state index in [0.717, 1.165) is 42.6 Å². The van der Waals surface area contributed by atoms with E-state index in [1.54, 1.807) is 7.11 Å². The van der Waals surface area contributed by atoms with Gasteiger partial charge in [0.2, 0.25) is 0 Å². The van der Waals surface area contributed by atoms with Crippen molar-refractivity contribution in [3.63, 3.8) is 0 Å². The van der Waals surface area contributed by atoms with Crippen molar-refractivity contribution in [2.75, 3.05) is 51.2 Å². The van der Waals surface area contributed by atoms with Crippen LogP contribution in [0, 0.1) is 6.92 Å². The Labute approximate surface area is 127 Å². The van der Waals surface area contributed by atoms with E-state index in [2.05, 4.69) is 34.4 Å². The molecule has 120 valence electrons. The van der Waals surface area contributed by atoms with Crippen LogP contribution in [0.1, 0.15) is 37.6 Å². The van der Waals surface area contributed by atoms with E-state index < -0.39 is 0 Å². The first kappa shape index (κ1) is 17.7. The molecule has 21 heavy (non-hydrogen) atoms. The van der Waals surface area contributed by atoms with Crippen molar-refractivity contribution in [3.8, 4) is 0 Å². The van der Waals surface area contributed by atoms with Crippen LogP contribution in [0.4, 0.5) is 11.6 Å². The van der Waals surface area contributed by atoms with E-state index in [4.69, 9.17) is 9.47 Å². The van der Waals surface area contributed by atoms with Gasteiger partial charge in [-0.1, -0.05) is 13.8 Å². The number of hydrogen-bond donors (Lipinski definition) is 2. The Kier molecular flexibility index (Phi) is 8.00. The lowest BCUT2D eigenvalue weighted by Gasteiger charge is -2.15. The summed E-state index contributed by atoms with van der Waals surface area (Å²) in [5.74, 6) is 2.93. The molecule has 0 fully saturated rings. The predicted octanol–water partition coefficient (Wildman–Crippen LogP) is 2.42. The maximum atomic E-state index is 5.44. The van der Waals surface area contributed by atoms with Crippen molar-refractivity contribution < 1.29 is 9.47 Å². The molecular weight excluding hydrogens is 268 g/mol. The Hall–Kier alpha value is -1.40. The van der Waals surface area contributed by atoms with E-state index >= 15 is 0 Å². The minimum Gasteiger partial charge on any atom is -0.382 e. The number of rotatable bonds is 10. The van der Waals surface area contributed by atoms with E-state index in [1.807, 2.05) is 14.0 Å². The zero-order chi connectivity index (χ0) is 15.7. The molecular formula is C15H28N4O2. The number of ether oxygens (including phenoxy) is 2. The highest BCUT2D eigenvalue weighted by molar-refractivity contribution is 5.57. The zero-order valence-electron chi connectivity index (χ0n) is 13.8. The lowest BCUT2D eigenvalue weighted by Crippen LogP contribution is -2.13. The minimum atomic E-state index is 0.302. The summed E-state index contributed by atoms with van der Waals surface area (Å²) in [5, 5.41) is 6.50. The van der Waals surface area contributed by atoms with Crippen LogP contribution >= 0.6 is 0 Å². The lowest BCUT2D eigenvalue weighted by molar-refractivity contribution is 0.0705. The standard InChI is InChI=1S/C15H28N4O2/c1-11(2)13-18-14(16-4)12(3)15(19-13)17-7-6-8-21-10-9-20-5/h11H,6-10H2,1-5H3,(H2,16,17,18,19). The molecule has 0 aliphatic rings. The number of aromatic nitrogens is 2. The Morgan fingerprint density at radius 1 is 1.10 bits per heavy atom. The van der Waals surface area contributed by atoms with E-state index in [9.17, 15) is 0 Å². The van der Waals surface area contributed by atoms with Crippen molar-refractivity contribution in [1.29, 1.82) is 0 Å². The SMILES string of the molecule is CNc1nc(C(C)C)nc(NCCCOCCOC)c1C. The van der Waals surface area contributed by atoms with Gasteiger partial charge < -0.3 is 20.1 Å². The molecule has 0 atom stereocenters. The van der Waals surface area contributed by atoms with Gasteiger partial charge in [0.05, 0.1) is 13.2 Å². The smallest absolute Gasteiger partial charge is 0.135 e. The van der Waals surface area contributed by atoms with Crippen molar-refractivity contribution in [2.45, 2.75) is 33.1 Å². The summed E-state index contributed by atoms with van der Waals surface area (Å²) in [7, 11) is 3.56. The summed E-state index contributed by atoms with van der Waals surface area (Å²) in [6, 6.07) is 0. The largest absolute Gasteiger partial charge is 0.382 e. The highest BCUT2D eigenvalue weighted by atomic mass is 16.5. The van der Waals surface area contributed by atoms with Crippen molar-refractivity contribution in [3.05, 3.63) is 11.4 Å².